The maximum atomic E-state index is 15.3. The number of nitrogens with zero attached hydrogens (tertiary/aromatic N) is 2. The van der Waals surface area contributed by atoms with E-state index in [9.17, 15) is 15.0 Å². The number of nitrogen functional groups attached to an aromatic ring is 1. The van der Waals surface area contributed by atoms with Gasteiger partial charge in [-0.05, 0) is 25.0 Å². The highest BCUT2D eigenvalue weighted by Gasteiger charge is 2.41. The van der Waals surface area contributed by atoms with Crippen molar-refractivity contribution in [2.45, 2.75) is 25.5 Å². The number of nitrogens with one attached hydrogen (secondary N) is 1. The molecule has 32 heavy (non-hydrogen) atoms. The van der Waals surface area contributed by atoms with Crippen LogP contribution in [0, 0.1) is 5.82 Å². The van der Waals surface area contributed by atoms with Gasteiger partial charge in [0.05, 0.1) is 23.0 Å². The Bertz CT molecular complexity index is 1140. The van der Waals surface area contributed by atoms with Crippen LogP contribution in [0.2, 0.25) is 0 Å². The van der Waals surface area contributed by atoms with E-state index in [-0.39, 0.29) is 40.9 Å². The van der Waals surface area contributed by atoms with Gasteiger partial charge in [-0.3, -0.25) is 0 Å². The van der Waals surface area contributed by atoms with Crippen molar-refractivity contribution in [3.63, 3.8) is 0 Å². The van der Waals surface area contributed by atoms with Crippen molar-refractivity contribution in [1.29, 1.82) is 0 Å². The predicted octanol–water partition coefficient (Wildman–Crippen LogP) is 2.49. The molecule has 0 fully saturated rings. The Kier molecular flexibility index (Phi) is 4.85. The minimum Gasteiger partial charge on any atom is -0.487 e. The summed E-state index contributed by atoms with van der Waals surface area (Å²) < 4.78 is 21.2. The quantitative estimate of drug-likeness (QED) is 0.525. The number of hydrogen-bond acceptors (Lipinski definition) is 7. The van der Waals surface area contributed by atoms with Gasteiger partial charge in [-0.1, -0.05) is 18.2 Å². The van der Waals surface area contributed by atoms with Crippen LogP contribution < -0.4 is 25.6 Å². The summed E-state index contributed by atoms with van der Waals surface area (Å²) in [6.45, 7) is 4.12. The molecule has 0 bridgehead atoms. The molecular formula is C23H25FN4O4. The van der Waals surface area contributed by atoms with Gasteiger partial charge in [-0.15, -0.1) is 0 Å². The van der Waals surface area contributed by atoms with Gasteiger partial charge in [0, 0.05) is 37.1 Å². The van der Waals surface area contributed by atoms with Gasteiger partial charge < -0.3 is 35.8 Å². The molecule has 0 aromatic heterocycles. The third-order valence-corrected chi connectivity index (χ3v) is 6.41. The molecule has 0 radical (unpaired) electrons. The normalized spacial score (nSPS) is 20.9. The molecule has 3 aliphatic heterocycles. The second-order valence-electron chi connectivity index (χ2n) is 8.35. The number of benzene rings is 2. The molecule has 1 unspecified atom stereocenters. The fourth-order valence-electron chi connectivity index (χ4n) is 4.75. The van der Waals surface area contributed by atoms with Crippen LogP contribution in [0.4, 0.5) is 27.1 Å². The third-order valence-electron chi connectivity index (χ3n) is 6.41. The zero-order chi connectivity index (χ0) is 22.6. The molecule has 0 aliphatic carbocycles. The summed E-state index contributed by atoms with van der Waals surface area (Å²) in [6.07, 6.45) is 0.818. The van der Waals surface area contributed by atoms with E-state index in [1.807, 2.05) is 19.1 Å². The summed E-state index contributed by atoms with van der Waals surface area (Å²) >= 11 is 0. The van der Waals surface area contributed by atoms with E-state index in [0.717, 1.165) is 13.0 Å². The van der Waals surface area contributed by atoms with E-state index >= 15 is 4.39 Å². The molecule has 2 aromatic rings. The number of ether oxygens (including phenoxy) is 1. The van der Waals surface area contributed by atoms with Gasteiger partial charge >= 0.3 is 5.97 Å². The molecule has 3 heterocycles. The lowest BCUT2D eigenvalue weighted by Crippen LogP contribution is -2.42. The Hall–Kier alpha value is -3.46. The standard InChI is InChI=1S/C23H25FN4O4/c1-12-11-32-22-19(26-7-9-27-8-6-13-4-2-3-5-15(13)27)17(24)18(25)16-20(22)28(12)10-14(21(16)29)23(30)31/h2-5,10,12,21,26,29H,6-9,11,25H2,1H3,(H,30,31)/t12-,21?/m0/s1. The molecule has 2 atom stereocenters. The fraction of sp³-hybridized carbons (Fsp3) is 0.348. The number of aliphatic hydroxyl groups excluding tert-OH is 1. The largest absolute Gasteiger partial charge is 0.487 e. The van der Waals surface area contributed by atoms with Gasteiger partial charge in [-0.2, -0.15) is 0 Å². The van der Waals surface area contributed by atoms with Crippen molar-refractivity contribution in [1.82, 2.24) is 0 Å². The SMILES string of the molecule is C[C@H]1COc2c(NCCN3CCc4ccccc43)c(F)c(N)c3c2N1C=C(C(=O)O)C3O. The molecule has 2 aromatic carbocycles. The highest BCUT2D eigenvalue weighted by atomic mass is 19.1. The number of carbonyl (C=O) groups is 1. The number of nitrogens with two attached hydrogens (primary N) is 1. The van der Waals surface area contributed by atoms with E-state index in [4.69, 9.17) is 10.5 Å². The average Bonchev–Trinajstić information content (AvgIpc) is 3.19. The first-order valence-corrected chi connectivity index (χ1v) is 10.6. The lowest BCUT2D eigenvalue weighted by atomic mass is 9.91. The van der Waals surface area contributed by atoms with Crippen molar-refractivity contribution in [3.8, 4) is 5.75 Å². The van der Waals surface area contributed by atoms with Gasteiger partial charge in [-0.25, -0.2) is 9.18 Å². The van der Waals surface area contributed by atoms with Gasteiger partial charge in [0.15, 0.2) is 11.6 Å². The van der Waals surface area contributed by atoms with E-state index in [0.29, 0.717) is 18.8 Å². The molecule has 0 spiro atoms. The molecule has 0 amide bonds. The first-order chi connectivity index (χ1) is 15.4. The molecule has 0 saturated carbocycles. The van der Waals surface area contributed by atoms with Gasteiger partial charge in [0.1, 0.15) is 18.4 Å². The molecule has 5 N–H and O–H groups in total. The zero-order valence-electron chi connectivity index (χ0n) is 17.6. The molecule has 168 valence electrons. The number of carboxylic acid groups (broad SMARTS) is 1. The number of halogens is 1. The molecule has 9 heteroatoms. The van der Waals surface area contributed by atoms with Crippen LogP contribution in [0.1, 0.15) is 24.2 Å². The summed E-state index contributed by atoms with van der Waals surface area (Å²) in [5.41, 5.74) is 8.61. The van der Waals surface area contributed by atoms with Crippen LogP contribution in [-0.2, 0) is 11.2 Å². The zero-order valence-corrected chi connectivity index (χ0v) is 17.6. The van der Waals surface area contributed by atoms with Crippen molar-refractivity contribution < 1.29 is 24.1 Å². The highest BCUT2D eigenvalue weighted by Crippen LogP contribution is 2.53. The summed E-state index contributed by atoms with van der Waals surface area (Å²) in [7, 11) is 0. The second kappa shape index (κ2) is 7.59. The lowest BCUT2D eigenvalue weighted by molar-refractivity contribution is -0.133. The number of fused-ring (bicyclic) bond motifs is 1. The second-order valence-corrected chi connectivity index (χ2v) is 8.35. The summed E-state index contributed by atoms with van der Waals surface area (Å²) in [5, 5.41) is 23.3. The summed E-state index contributed by atoms with van der Waals surface area (Å²) in [4.78, 5) is 15.6. The Morgan fingerprint density at radius 3 is 2.94 bits per heavy atom. The van der Waals surface area contributed by atoms with Crippen LogP contribution in [0.15, 0.2) is 36.0 Å². The number of rotatable bonds is 5. The molecule has 5 rings (SSSR count). The lowest BCUT2D eigenvalue weighted by Gasteiger charge is -2.41. The van der Waals surface area contributed by atoms with E-state index in [1.54, 1.807) is 4.90 Å². The number of hydrogen-bond donors (Lipinski definition) is 4. The van der Waals surface area contributed by atoms with Gasteiger partial charge in [0.25, 0.3) is 0 Å². The Labute approximate surface area is 184 Å². The molecular weight excluding hydrogens is 415 g/mol. The Balaban J connectivity index is 1.46. The Morgan fingerprint density at radius 2 is 2.16 bits per heavy atom. The van der Waals surface area contributed by atoms with Crippen molar-refractivity contribution in [2.24, 2.45) is 0 Å². The number of carboxylic acids is 1. The number of aliphatic carboxylic acids is 1. The van der Waals surface area contributed by atoms with Crippen molar-refractivity contribution >= 4 is 28.7 Å². The predicted molar refractivity (Wildman–Crippen MR) is 120 cm³/mol. The number of para-hydroxylation sites is 1. The topological polar surface area (TPSA) is 111 Å². The maximum Gasteiger partial charge on any atom is 0.336 e. The number of anilines is 4. The highest BCUT2D eigenvalue weighted by molar-refractivity contribution is 5.95. The first kappa shape index (κ1) is 20.4. The summed E-state index contributed by atoms with van der Waals surface area (Å²) in [6, 6.07) is 8.03. The summed E-state index contributed by atoms with van der Waals surface area (Å²) in [5.74, 6) is -1.79. The molecule has 0 saturated heterocycles. The third kappa shape index (κ3) is 3.03. The van der Waals surface area contributed by atoms with E-state index < -0.39 is 17.9 Å². The van der Waals surface area contributed by atoms with Crippen molar-refractivity contribution in [2.75, 3.05) is 47.1 Å². The minimum atomic E-state index is -1.55. The number of aliphatic hydroxyl groups is 1. The minimum absolute atomic E-state index is 0.0305. The van der Waals surface area contributed by atoms with Crippen LogP contribution in [0.25, 0.3) is 0 Å². The van der Waals surface area contributed by atoms with Crippen LogP contribution in [-0.4, -0.2) is 48.5 Å². The monoisotopic (exact) mass is 440 g/mol. The first-order valence-electron chi connectivity index (χ1n) is 10.6. The molecule has 3 aliphatic rings. The van der Waals surface area contributed by atoms with E-state index in [1.165, 1.54) is 17.5 Å². The van der Waals surface area contributed by atoms with Gasteiger partial charge in [0.2, 0.25) is 0 Å². The molecule has 8 nitrogen and oxygen atoms in total. The Morgan fingerprint density at radius 1 is 1.38 bits per heavy atom. The fourth-order valence-corrected chi connectivity index (χ4v) is 4.75. The van der Waals surface area contributed by atoms with Crippen LogP contribution in [0.5, 0.6) is 5.75 Å². The van der Waals surface area contributed by atoms with Crippen LogP contribution in [0.3, 0.4) is 0 Å². The van der Waals surface area contributed by atoms with Crippen molar-refractivity contribution in [3.05, 3.63) is 53.0 Å². The average molecular weight is 440 g/mol. The smallest absolute Gasteiger partial charge is 0.336 e. The van der Waals surface area contributed by atoms with Crippen LogP contribution >= 0.6 is 0 Å². The van der Waals surface area contributed by atoms with E-state index in [2.05, 4.69) is 22.3 Å². The maximum absolute atomic E-state index is 15.3.